The molecule has 0 bridgehead atoms. The Morgan fingerprint density at radius 2 is 1.72 bits per heavy atom. The van der Waals surface area contributed by atoms with Gasteiger partial charge in [0.2, 0.25) is 11.8 Å². The lowest BCUT2D eigenvalue weighted by Gasteiger charge is -2.14. The van der Waals surface area contributed by atoms with Gasteiger partial charge in [-0.05, 0) is 50.2 Å². The Morgan fingerprint density at radius 3 is 2.53 bits per heavy atom. The Kier molecular flexibility index (Phi) is 5.33. The molecule has 6 nitrogen and oxygen atoms in total. The van der Waals surface area contributed by atoms with Crippen LogP contribution >= 0.6 is 11.8 Å². The zero-order chi connectivity index (χ0) is 22.1. The summed E-state index contributed by atoms with van der Waals surface area (Å²) in [6.45, 7) is 3.99. The fourth-order valence-electron chi connectivity index (χ4n) is 3.50. The maximum atomic E-state index is 13.3. The van der Waals surface area contributed by atoms with Crippen molar-refractivity contribution in [2.75, 3.05) is 0 Å². The highest BCUT2D eigenvalue weighted by atomic mass is 32.2. The topological polar surface area (TPSA) is 73.8 Å². The summed E-state index contributed by atoms with van der Waals surface area (Å²) in [5, 5.41) is 9.42. The molecule has 5 rings (SSSR count). The van der Waals surface area contributed by atoms with Gasteiger partial charge < -0.3 is 4.42 Å². The predicted octanol–water partition coefficient (Wildman–Crippen LogP) is 5.60. The highest BCUT2D eigenvalue weighted by Gasteiger charge is 2.21. The van der Waals surface area contributed by atoms with Crippen LogP contribution in [0.25, 0.3) is 28.0 Å². The number of hydrogen-bond donors (Lipinski definition) is 0. The molecule has 0 saturated carbocycles. The van der Waals surface area contributed by atoms with Crippen LogP contribution in [0.1, 0.15) is 23.6 Å². The van der Waals surface area contributed by atoms with Gasteiger partial charge in [-0.25, -0.2) is 4.98 Å². The quantitative estimate of drug-likeness (QED) is 0.262. The normalized spacial score (nSPS) is 12.2. The van der Waals surface area contributed by atoms with Gasteiger partial charge >= 0.3 is 0 Å². The highest BCUT2D eigenvalue weighted by molar-refractivity contribution is 7.99. The maximum absolute atomic E-state index is 13.3. The third-order valence-electron chi connectivity index (χ3n) is 5.09. The smallest absolute Gasteiger partial charge is 0.266 e. The summed E-state index contributed by atoms with van der Waals surface area (Å²) in [5.74, 6) is 0.955. The number of fused-ring (bicyclic) bond motifs is 1. The zero-order valence-electron chi connectivity index (χ0n) is 17.6. The van der Waals surface area contributed by atoms with Crippen molar-refractivity contribution in [2.24, 2.45) is 0 Å². The van der Waals surface area contributed by atoms with E-state index >= 15 is 0 Å². The first kappa shape index (κ1) is 20.2. The van der Waals surface area contributed by atoms with E-state index in [4.69, 9.17) is 9.40 Å². The molecule has 0 radical (unpaired) electrons. The van der Waals surface area contributed by atoms with Gasteiger partial charge in [-0.3, -0.25) is 9.36 Å². The second-order valence-corrected chi connectivity index (χ2v) is 8.77. The Hall–Kier alpha value is -3.71. The molecule has 2 aromatic heterocycles. The average Bonchev–Trinajstić information content (AvgIpc) is 3.31. The van der Waals surface area contributed by atoms with E-state index in [-0.39, 0.29) is 10.8 Å². The van der Waals surface area contributed by atoms with Gasteiger partial charge in [-0.15, -0.1) is 10.2 Å². The summed E-state index contributed by atoms with van der Waals surface area (Å²) in [4.78, 5) is 18.1. The molecule has 0 N–H and O–H groups in total. The fourth-order valence-corrected chi connectivity index (χ4v) is 4.46. The number of aryl methyl sites for hydroxylation is 1. The average molecular weight is 441 g/mol. The summed E-state index contributed by atoms with van der Waals surface area (Å²) in [5.41, 5.74) is 3.31. The first-order valence-electron chi connectivity index (χ1n) is 10.2. The Labute approximate surface area is 189 Å². The van der Waals surface area contributed by atoms with Crippen molar-refractivity contribution in [3.8, 4) is 17.1 Å². The third kappa shape index (κ3) is 3.83. The first-order chi connectivity index (χ1) is 15.6. The monoisotopic (exact) mass is 440 g/mol. The van der Waals surface area contributed by atoms with Crippen molar-refractivity contribution in [3.63, 3.8) is 0 Å². The maximum Gasteiger partial charge on any atom is 0.266 e. The third-order valence-corrected chi connectivity index (χ3v) is 6.13. The van der Waals surface area contributed by atoms with Crippen molar-refractivity contribution in [3.05, 3.63) is 101 Å². The predicted molar refractivity (Wildman–Crippen MR) is 126 cm³/mol. The van der Waals surface area contributed by atoms with Gasteiger partial charge in [0.05, 0.1) is 21.8 Å². The summed E-state index contributed by atoms with van der Waals surface area (Å²) in [6, 6.07) is 24.8. The molecular formula is C25H20N4O2S. The minimum Gasteiger partial charge on any atom is -0.419 e. The summed E-state index contributed by atoms with van der Waals surface area (Å²) >= 11 is 1.41. The molecule has 1 atom stereocenters. The van der Waals surface area contributed by atoms with Crippen molar-refractivity contribution >= 4 is 22.7 Å². The lowest BCUT2D eigenvalue weighted by Crippen LogP contribution is -2.21. The molecule has 0 aliphatic carbocycles. The molecule has 0 saturated heterocycles. The molecule has 1 unspecified atom stereocenters. The number of aromatic nitrogens is 4. The summed E-state index contributed by atoms with van der Waals surface area (Å²) in [6.07, 6.45) is 0. The Bertz CT molecular complexity index is 1460. The van der Waals surface area contributed by atoms with Gasteiger partial charge in [0, 0.05) is 5.56 Å². The van der Waals surface area contributed by atoms with Gasteiger partial charge in [0.1, 0.15) is 0 Å². The molecule has 5 aromatic rings. The summed E-state index contributed by atoms with van der Waals surface area (Å²) in [7, 11) is 0. The van der Waals surface area contributed by atoms with Crippen LogP contribution in [0, 0.1) is 6.92 Å². The second kappa shape index (κ2) is 8.43. The molecule has 3 aromatic carbocycles. The number of hydrogen-bond acceptors (Lipinski definition) is 6. The van der Waals surface area contributed by atoms with E-state index in [0.717, 1.165) is 16.8 Å². The number of nitrogens with zero attached hydrogens (tertiary/aromatic N) is 4. The number of thioether (sulfide) groups is 1. The largest absolute Gasteiger partial charge is 0.419 e. The molecule has 0 spiro atoms. The number of rotatable bonds is 5. The summed E-state index contributed by atoms with van der Waals surface area (Å²) < 4.78 is 7.60. The van der Waals surface area contributed by atoms with Crippen LogP contribution in [0.5, 0.6) is 0 Å². The molecule has 32 heavy (non-hydrogen) atoms. The number of para-hydroxylation sites is 2. The van der Waals surface area contributed by atoms with Crippen LogP contribution in [0.4, 0.5) is 0 Å². The van der Waals surface area contributed by atoms with Crippen LogP contribution < -0.4 is 5.56 Å². The van der Waals surface area contributed by atoms with Gasteiger partial charge in [0.25, 0.3) is 5.56 Å². The van der Waals surface area contributed by atoms with E-state index in [1.807, 2.05) is 86.6 Å². The van der Waals surface area contributed by atoms with Crippen molar-refractivity contribution in [1.82, 2.24) is 19.7 Å². The second-order valence-electron chi connectivity index (χ2n) is 7.46. The highest BCUT2D eigenvalue weighted by Crippen LogP contribution is 2.35. The SMILES string of the molecule is Cc1cccc(-c2nnc(C(C)Sc3nc4ccccc4c(=O)n3-c3ccccc3)o2)c1. The Balaban J connectivity index is 1.55. The van der Waals surface area contributed by atoms with Crippen molar-refractivity contribution < 1.29 is 4.42 Å². The lowest BCUT2D eigenvalue weighted by atomic mass is 10.1. The molecule has 0 fully saturated rings. The molecular weight excluding hydrogens is 420 g/mol. The van der Waals surface area contributed by atoms with E-state index in [9.17, 15) is 4.79 Å². The van der Waals surface area contributed by atoms with Gasteiger partial charge in [0.15, 0.2) is 5.16 Å². The Morgan fingerprint density at radius 1 is 0.938 bits per heavy atom. The van der Waals surface area contributed by atoms with E-state index in [2.05, 4.69) is 10.2 Å². The van der Waals surface area contributed by atoms with E-state index in [0.29, 0.717) is 27.8 Å². The van der Waals surface area contributed by atoms with Gasteiger partial charge in [-0.1, -0.05) is 59.8 Å². The molecule has 2 heterocycles. The minimum atomic E-state index is -0.205. The van der Waals surface area contributed by atoms with Crippen molar-refractivity contribution in [2.45, 2.75) is 24.3 Å². The first-order valence-corrected chi connectivity index (χ1v) is 11.1. The minimum absolute atomic E-state index is 0.109. The van der Waals surface area contributed by atoms with Gasteiger partial charge in [-0.2, -0.15) is 0 Å². The molecule has 158 valence electrons. The molecule has 0 aliphatic rings. The molecule has 7 heteroatoms. The number of benzene rings is 3. The van der Waals surface area contributed by atoms with E-state index in [1.54, 1.807) is 10.6 Å². The van der Waals surface area contributed by atoms with Crippen molar-refractivity contribution in [1.29, 1.82) is 0 Å². The lowest BCUT2D eigenvalue weighted by molar-refractivity contribution is 0.508. The van der Waals surface area contributed by atoms with E-state index < -0.39 is 0 Å². The van der Waals surface area contributed by atoms with Crippen LogP contribution in [-0.4, -0.2) is 19.7 Å². The van der Waals surface area contributed by atoms with Crippen LogP contribution in [0.2, 0.25) is 0 Å². The standard InChI is InChI=1S/C25H20N4O2S/c1-16-9-8-10-18(15-16)23-28-27-22(31-23)17(2)32-25-26-21-14-7-6-13-20(21)24(30)29(25)19-11-4-3-5-12-19/h3-15,17H,1-2H3. The molecule has 0 aliphatic heterocycles. The van der Waals surface area contributed by atoms with Crippen LogP contribution in [0.15, 0.2) is 93.2 Å². The molecule has 0 amide bonds. The zero-order valence-corrected chi connectivity index (χ0v) is 18.4. The van der Waals surface area contributed by atoms with E-state index in [1.165, 1.54) is 11.8 Å². The fraction of sp³-hybridized carbons (Fsp3) is 0.120. The van der Waals surface area contributed by atoms with Crippen LogP contribution in [-0.2, 0) is 0 Å². The van der Waals surface area contributed by atoms with Crippen LogP contribution in [0.3, 0.4) is 0 Å².